The van der Waals surface area contributed by atoms with E-state index in [0.717, 1.165) is 38.5 Å². The summed E-state index contributed by atoms with van der Waals surface area (Å²) in [6, 6.07) is 20.9. The molecule has 75 heavy (non-hydrogen) atoms. The number of piperidine rings is 1. The van der Waals surface area contributed by atoms with E-state index in [1.165, 1.54) is 72.0 Å². The van der Waals surface area contributed by atoms with Crippen molar-refractivity contribution in [3.8, 4) is 0 Å². The Morgan fingerprint density at radius 3 is 0.773 bits per heavy atom. The molecule has 2 aromatic carbocycles. The number of nitrogens with zero attached hydrogens (tertiary/aromatic N) is 1. The lowest BCUT2D eigenvalue weighted by molar-refractivity contribution is -0.129. The molecule has 462 valence electrons. The third kappa shape index (κ3) is 287. The van der Waals surface area contributed by atoms with Crippen LogP contribution in [0.5, 0.6) is 0 Å². The third-order valence-corrected chi connectivity index (χ3v) is 5.70. The van der Waals surface area contributed by atoms with Crippen molar-refractivity contribution in [3.63, 3.8) is 0 Å². The SMILES string of the molecule is C=O.C=O.C=O.C=O.C=O.C=O.C=O.C=O.C=O.CC.CC(=O)N1CCCCC1.CC(C)O.CCC(C)C.CCOC(C)(C)C.CCc1ccccc1.CCc1ccccc1.CN.CN.CN.CN.CN.N.N.N.N. The molecule has 1 heterocycles. The number of carbonyl (C=O) groups is 10. The molecule has 22 nitrogen and oxygen atoms in total. The molecule has 1 aliphatic heterocycles. The molecule has 0 aliphatic carbocycles. The molecule has 3 rings (SSSR count). The lowest BCUT2D eigenvalue weighted by atomic mass is 10.1. The summed E-state index contributed by atoms with van der Waals surface area (Å²) >= 11 is 0. The van der Waals surface area contributed by atoms with E-state index in [1.807, 2.05) is 98.9 Å². The number of rotatable bonds is 4. The van der Waals surface area contributed by atoms with Crippen molar-refractivity contribution >= 4 is 67.0 Å². The van der Waals surface area contributed by atoms with Crippen LogP contribution in [0.25, 0.3) is 0 Å². The van der Waals surface area contributed by atoms with Gasteiger partial charge in [0.05, 0.1) is 5.60 Å². The lowest BCUT2D eigenvalue weighted by Crippen LogP contribution is -2.33. The van der Waals surface area contributed by atoms with Crippen LogP contribution in [0.2, 0.25) is 0 Å². The highest BCUT2D eigenvalue weighted by atomic mass is 16.5. The van der Waals surface area contributed by atoms with Crippen molar-refractivity contribution in [2.45, 2.75) is 147 Å². The molecule has 0 saturated carbocycles. The molecule has 2 aromatic rings. The van der Waals surface area contributed by atoms with Crippen LogP contribution in [0.1, 0.15) is 134 Å². The quantitative estimate of drug-likeness (QED) is 0.140. The number of aliphatic hydroxyl groups is 1. The van der Waals surface area contributed by atoms with Crippen LogP contribution >= 0.6 is 0 Å². The largest absolute Gasteiger partial charge is 0.394 e. The van der Waals surface area contributed by atoms with E-state index in [0.29, 0.717) is 0 Å². The van der Waals surface area contributed by atoms with Crippen LogP contribution in [0, 0.1) is 5.92 Å². The van der Waals surface area contributed by atoms with Gasteiger partial charge >= 0.3 is 0 Å². The van der Waals surface area contributed by atoms with Crippen LogP contribution in [-0.4, -0.2) is 144 Å². The highest BCUT2D eigenvalue weighted by molar-refractivity contribution is 5.73. The number of benzene rings is 2. The van der Waals surface area contributed by atoms with Gasteiger partial charge in [-0.05, 0) is 126 Å². The monoisotopic (exact) mass is 1100 g/mol. The van der Waals surface area contributed by atoms with Crippen molar-refractivity contribution in [1.29, 1.82) is 0 Å². The van der Waals surface area contributed by atoms with E-state index in [-0.39, 0.29) is 42.2 Å². The molecule has 22 heteroatoms. The third-order valence-electron chi connectivity index (χ3n) is 5.70. The summed E-state index contributed by atoms with van der Waals surface area (Å²) in [5, 5.41) is 8.06. The number of hydrogen-bond donors (Lipinski definition) is 10. The highest BCUT2D eigenvalue weighted by Gasteiger charge is 2.11. The Labute approximate surface area is 461 Å². The van der Waals surface area contributed by atoms with Gasteiger partial charge in [-0.25, -0.2) is 0 Å². The number of ether oxygens (including phenoxy) is 1. The Morgan fingerprint density at radius 2 is 0.693 bits per heavy atom. The first-order chi connectivity index (χ1) is 34.2. The molecule has 1 fully saturated rings. The Bertz CT molecular complexity index is 909. The van der Waals surface area contributed by atoms with E-state index in [2.05, 4.69) is 133 Å². The zero-order valence-electron chi connectivity index (χ0n) is 51.8. The molecule has 0 bridgehead atoms. The second-order valence-corrected chi connectivity index (χ2v) is 11.7. The maximum absolute atomic E-state index is 10.7. The lowest BCUT2D eigenvalue weighted by Gasteiger charge is -2.24. The van der Waals surface area contributed by atoms with E-state index >= 15 is 0 Å². The van der Waals surface area contributed by atoms with Crippen molar-refractivity contribution in [3.05, 3.63) is 71.8 Å². The molecular formula is C53H128N10O12. The average Bonchev–Trinajstić information content (AvgIpc) is 3.47. The predicted molar refractivity (Wildman–Crippen MR) is 328 cm³/mol. The van der Waals surface area contributed by atoms with Gasteiger partial charge in [0.2, 0.25) is 5.91 Å². The smallest absolute Gasteiger partial charge is 0.219 e. The molecule has 1 aliphatic rings. The van der Waals surface area contributed by atoms with Crippen molar-refractivity contribution in [2.24, 2.45) is 34.6 Å². The summed E-state index contributed by atoms with van der Waals surface area (Å²) < 4.78 is 5.23. The van der Waals surface area contributed by atoms with Crippen molar-refractivity contribution in [2.75, 3.05) is 54.9 Å². The Hall–Kier alpha value is -5.50. The number of likely N-dealkylation sites (tertiary alicyclic amines) is 1. The predicted octanol–water partition coefficient (Wildman–Crippen LogP) is 7.66. The van der Waals surface area contributed by atoms with Gasteiger partial charge in [-0.2, -0.15) is 0 Å². The van der Waals surface area contributed by atoms with Gasteiger partial charge in [-0.15, -0.1) is 0 Å². The molecular weight excluding hydrogens is 969 g/mol. The zero-order valence-corrected chi connectivity index (χ0v) is 51.8. The molecule has 23 N–H and O–H groups in total. The minimum absolute atomic E-state index is 0. The Balaban J connectivity index is -0.0000000204. The summed E-state index contributed by atoms with van der Waals surface area (Å²) in [5.74, 6) is 1.12. The maximum Gasteiger partial charge on any atom is 0.219 e. The standard InChI is InChI=1S/2C8H10.C7H13NO.C6H14O.C5H12.C3H8O.C2H6.5CH5N.9CH2O.4H3N/c2*1-2-8-6-4-3-5-7-8;1-7(9)8-5-3-2-4-6-8;1-5-7-6(2,3)4;1-4-5(2)3;1-3(2)4;15*1-2;;;;/h2*3-7H,2H2,1H3;2-6H2,1H3;5H2,1-4H3;5H,4H2,1-3H3;3-4H,1-2H3;1-2H3;5*2H2,1H3;9*1H2;4*1H3. The van der Waals surface area contributed by atoms with E-state index < -0.39 is 0 Å². The second-order valence-electron chi connectivity index (χ2n) is 11.7. The first-order valence-corrected chi connectivity index (χ1v) is 22.4. The van der Waals surface area contributed by atoms with Gasteiger partial charge in [-0.3, -0.25) is 4.79 Å². The molecule has 0 unspecified atom stereocenters. The molecule has 0 atom stereocenters. The van der Waals surface area contributed by atoms with E-state index in [4.69, 9.17) is 53.0 Å². The summed E-state index contributed by atoms with van der Waals surface area (Å²) in [7, 11) is 7.50. The van der Waals surface area contributed by atoms with Crippen LogP contribution in [0.4, 0.5) is 0 Å². The van der Waals surface area contributed by atoms with Crippen molar-refractivity contribution < 1.29 is 57.8 Å². The van der Waals surface area contributed by atoms with Crippen LogP contribution in [0.15, 0.2) is 60.7 Å². The number of nitrogens with two attached hydrogens (primary N) is 5. The summed E-state index contributed by atoms with van der Waals surface area (Å²) in [6.07, 6.45) is 7.10. The molecule has 1 amide bonds. The Morgan fingerprint density at radius 1 is 0.507 bits per heavy atom. The molecule has 0 spiro atoms. The first kappa shape index (κ1) is 145. The number of hydrogen-bond acceptors (Lipinski definition) is 21. The molecule has 0 radical (unpaired) electrons. The topological polar surface area (TPSA) is 473 Å². The minimum Gasteiger partial charge on any atom is -0.394 e. The fourth-order valence-corrected chi connectivity index (χ4v) is 3.07. The van der Waals surface area contributed by atoms with E-state index in [1.54, 1.807) is 20.8 Å². The van der Waals surface area contributed by atoms with Gasteiger partial charge in [0.15, 0.2) is 0 Å². The second kappa shape index (κ2) is 211. The van der Waals surface area contributed by atoms with Gasteiger partial charge in [0.25, 0.3) is 0 Å². The number of carbonyl (C=O) groups excluding carboxylic acids is 10. The number of amides is 1. The fraction of sp³-hybridized carbons (Fsp3) is 0.585. The number of aliphatic hydroxyl groups excluding tert-OH is 1. The fourth-order valence-electron chi connectivity index (χ4n) is 3.07. The summed E-state index contributed by atoms with van der Waals surface area (Å²) in [4.78, 5) is 84.6. The zero-order chi connectivity index (χ0) is 62.1. The van der Waals surface area contributed by atoms with Crippen LogP contribution in [-0.2, 0) is 65.5 Å². The van der Waals surface area contributed by atoms with Crippen LogP contribution < -0.4 is 53.3 Å². The summed E-state index contributed by atoms with van der Waals surface area (Å²) in [6.45, 7) is 49.0. The van der Waals surface area contributed by atoms with Crippen LogP contribution in [0.3, 0.4) is 0 Å². The number of aryl methyl sites for hydroxylation is 2. The van der Waals surface area contributed by atoms with Crippen molar-refractivity contribution in [1.82, 2.24) is 29.5 Å². The van der Waals surface area contributed by atoms with Gasteiger partial charge in [0.1, 0.15) is 61.1 Å². The molecule has 0 aromatic heterocycles. The minimum atomic E-state index is -0.167. The highest BCUT2D eigenvalue weighted by Crippen LogP contribution is 2.08. The van der Waals surface area contributed by atoms with E-state index in [9.17, 15) is 4.79 Å². The molecule has 1 saturated heterocycles. The van der Waals surface area contributed by atoms with Gasteiger partial charge in [-0.1, -0.05) is 116 Å². The normalized spacial score (nSPS) is 7.53. The van der Waals surface area contributed by atoms with Gasteiger partial charge in [0, 0.05) is 32.7 Å². The summed E-state index contributed by atoms with van der Waals surface area (Å²) in [5.41, 5.74) is 25.4. The maximum atomic E-state index is 10.7. The first-order valence-electron chi connectivity index (χ1n) is 22.4. The Kier molecular flexibility index (Phi) is 406. The average molecular weight is 1100 g/mol. The van der Waals surface area contributed by atoms with Gasteiger partial charge < -0.3 is 111 Å².